The Kier molecular flexibility index (Phi) is 5.96. The fourth-order valence-electron chi connectivity index (χ4n) is 4.96. The van der Waals surface area contributed by atoms with Gasteiger partial charge in [0.05, 0.1) is 30.2 Å². The molecule has 35 heavy (non-hydrogen) atoms. The van der Waals surface area contributed by atoms with Gasteiger partial charge in [0.25, 0.3) is 5.91 Å². The van der Waals surface area contributed by atoms with Crippen LogP contribution >= 0.6 is 0 Å². The molecule has 0 aliphatic carbocycles. The fourth-order valence-corrected chi connectivity index (χ4v) is 4.96. The van der Waals surface area contributed by atoms with Crippen LogP contribution in [0.4, 0.5) is 20.4 Å². The van der Waals surface area contributed by atoms with Crippen LogP contribution in [-0.2, 0) is 11.2 Å². The first-order chi connectivity index (χ1) is 16.8. The van der Waals surface area contributed by atoms with Gasteiger partial charge in [0, 0.05) is 56.6 Å². The van der Waals surface area contributed by atoms with Crippen molar-refractivity contribution in [3.63, 3.8) is 0 Å². The summed E-state index contributed by atoms with van der Waals surface area (Å²) in [4.78, 5) is 31.8. The lowest BCUT2D eigenvalue weighted by Gasteiger charge is -2.33. The van der Waals surface area contributed by atoms with Crippen LogP contribution in [0.2, 0.25) is 0 Å². The van der Waals surface area contributed by atoms with E-state index in [2.05, 4.69) is 0 Å². The van der Waals surface area contributed by atoms with E-state index >= 15 is 0 Å². The number of benzene rings is 2. The van der Waals surface area contributed by atoms with Gasteiger partial charge in [0.1, 0.15) is 17.2 Å². The van der Waals surface area contributed by atoms with Crippen molar-refractivity contribution in [2.24, 2.45) is 0 Å². The summed E-state index contributed by atoms with van der Waals surface area (Å²) < 4.78 is 40.3. The standard InChI is InChI=1S/C26H27F2N3O4/c1-15(31-7-6-18-20(28)13-17(27)14-21(18)31)23-24(32)19-12-16(25(33)29(2)3)4-5-22(19)35-26(23)30-8-10-34-11-9-30/h4-5,12-15H,6-11H2,1-3H3. The van der Waals surface area contributed by atoms with E-state index in [1.807, 2.05) is 16.7 Å². The molecule has 1 amide bonds. The molecule has 0 bridgehead atoms. The largest absolute Gasteiger partial charge is 0.440 e. The highest BCUT2D eigenvalue weighted by atomic mass is 19.1. The molecule has 2 aliphatic rings. The number of nitrogens with zero attached hydrogens (tertiary/aromatic N) is 3. The predicted octanol–water partition coefficient (Wildman–Crippen LogP) is 3.73. The Labute approximate surface area is 201 Å². The van der Waals surface area contributed by atoms with Gasteiger partial charge in [-0.15, -0.1) is 0 Å². The third-order valence-electron chi connectivity index (χ3n) is 6.79. The van der Waals surface area contributed by atoms with Crippen LogP contribution in [0, 0.1) is 11.6 Å². The lowest BCUT2D eigenvalue weighted by molar-refractivity contribution is 0.0827. The fraction of sp³-hybridized carbons (Fsp3) is 0.385. The zero-order valence-electron chi connectivity index (χ0n) is 19.9. The van der Waals surface area contributed by atoms with Gasteiger partial charge in [0.15, 0.2) is 5.43 Å². The molecule has 1 saturated heterocycles. The van der Waals surface area contributed by atoms with E-state index in [9.17, 15) is 18.4 Å². The lowest BCUT2D eigenvalue weighted by atomic mass is 10.0. The van der Waals surface area contributed by atoms with Crippen molar-refractivity contribution >= 4 is 28.4 Å². The number of anilines is 2. The number of carbonyl (C=O) groups is 1. The van der Waals surface area contributed by atoms with Crippen LogP contribution in [0.3, 0.4) is 0 Å². The van der Waals surface area contributed by atoms with Gasteiger partial charge in [-0.2, -0.15) is 0 Å². The molecule has 0 N–H and O–H groups in total. The Bertz CT molecular complexity index is 1360. The number of carbonyl (C=O) groups excluding carboxylic acids is 1. The Morgan fingerprint density at radius 3 is 2.54 bits per heavy atom. The second-order valence-electron chi connectivity index (χ2n) is 9.16. The van der Waals surface area contributed by atoms with E-state index in [1.54, 1.807) is 32.3 Å². The summed E-state index contributed by atoms with van der Waals surface area (Å²) in [6, 6.07) is 6.51. The predicted molar refractivity (Wildman–Crippen MR) is 129 cm³/mol. The maximum atomic E-state index is 14.4. The van der Waals surface area contributed by atoms with Gasteiger partial charge < -0.3 is 23.9 Å². The number of ether oxygens (including phenoxy) is 1. The summed E-state index contributed by atoms with van der Waals surface area (Å²) in [7, 11) is 3.29. The first kappa shape index (κ1) is 23.3. The number of hydrogen-bond acceptors (Lipinski definition) is 6. The average molecular weight is 484 g/mol. The number of rotatable bonds is 4. The quantitative estimate of drug-likeness (QED) is 0.564. The van der Waals surface area contributed by atoms with E-state index in [4.69, 9.17) is 9.15 Å². The van der Waals surface area contributed by atoms with Gasteiger partial charge in [-0.25, -0.2) is 8.78 Å². The molecule has 2 aromatic carbocycles. The van der Waals surface area contributed by atoms with Crippen LogP contribution < -0.4 is 15.2 Å². The second-order valence-corrected chi connectivity index (χ2v) is 9.16. The molecule has 2 aliphatic heterocycles. The van der Waals surface area contributed by atoms with Crippen molar-refractivity contribution < 1.29 is 22.7 Å². The van der Waals surface area contributed by atoms with Crippen molar-refractivity contribution in [2.45, 2.75) is 19.4 Å². The van der Waals surface area contributed by atoms with Crippen molar-refractivity contribution in [2.75, 3.05) is 56.7 Å². The van der Waals surface area contributed by atoms with Gasteiger partial charge in [0.2, 0.25) is 5.88 Å². The van der Waals surface area contributed by atoms with Gasteiger partial charge in [-0.1, -0.05) is 0 Å². The average Bonchev–Trinajstić information content (AvgIpc) is 3.27. The van der Waals surface area contributed by atoms with Crippen LogP contribution in [0.25, 0.3) is 11.0 Å². The second kappa shape index (κ2) is 8.96. The van der Waals surface area contributed by atoms with Crippen molar-refractivity contribution in [3.05, 3.63) is 68.9 Å². The highest BCUT2D eigenvalue weighted by molar-refractivity contribution is 5.97. The van der Waals surface area contributed by atoms with Gasteiger partial charge >= 0.3 is 0 Å². The SMILES string of the molecule is CC(c1c(N2CCOCC2)oc2ccc(C(=O)N(C)C)cc2c1=O)N1CCc2c(F)cc(F)cc21. The summed E-state index contributed by atoms with van der Waals surface area (Å²) >= 11 is 0. The Hall–Kier alpha value is -3.46. The lowest BCUT2D eigenvalue weighted by Crippen LogP contribution is -2.39. The number of morpholine rings is 1. The van der Waals surface area contributed by atoms with E-state index in [0.717, 1.165) is 6.07 Å². The number of halogens is 2. The number of amides is 1. The third-order valence-corrected chi connectivity index (χ3v) is 6.79. The summed E-state index contributed by atoms with van der Waals surface area (Å²) in [5.74, 6) is -1.04. The zero-order chi connectivity index (χ0) is 24.9. The highest BCUT2D eigenvalue weighted by Crippen LogP contribution is 2.39. The molecular formula is C26H27F2N3O4. The maximum absolute atomic E-state index is 14.4. The maximum Gasteiger partial charge on any atom is 0.253 e. The molecule has 7 nitrogen and oxygen atoms in total. The minimum atomic E-state index is -0.661. The van der Waals surface area contributed by atoms with Crippen molar-refractivity contribution in [1.82, 2.24) is 4.90 Å². The highest BCUT2D eigenvalue weighted by Gasteiger charge is 2.33. The molecule has 1 aromatic heterocycles. The van der Waals surface area contributed by atoms with Gasteiger partial charge in [-0.05, 0) is 37.6 Å². The monoisotopic (exact) mass is 483 g/mol. The van der Waals surface area contributed by atoms with E-state index in [-0.39, 0.29) is 11.3 Å². The van der Waals surface area contributed by atoms with E-state index < -0.39 is 17.7 Å². The molecule has 5 rings (SSSR count). The summed E-state index contributed by atoms with van der Waals surface area (Å²) in [6.45, 7) is 4.37. The molecule has 1 fully saturated rings. The molecule has 184 valence electrons. The Balaban J connectivity index is 1.68. The molecule has 3 heterocycles. The van der Waals surface area contributed by atoms with Crippen molar-refractivity contribution in [3.8, 4) is 0 Å². The molecular weight excluding hydrogens is 456 g/mol. The minimum absolute atomic E-state index is 0.224. The molecule has 1 atom stereocenters. The van der Waals surface area contributed by atoms with Crippen LogP contribution in [-0.4, -0.2) is 57.8 Å². The van der Waals surface area contributed by atoms with Crippen LogP contribution in [0.15, 0.2) is 39.5 Å². The third kappa shape index (κ3) is 4.03. The van der Waals surface area contributed by atoms with Crippen LogP contribution in [0.5, 0.6) is 0 Å². The summed E-state index contributed by atoms with van der Waals surface area (Å²) in [5, 5.41) is 0.293. The molecule has 3 aromatic rings. The zero-order valence-corrected chi connectivity index (χ0v) is 19.9. The number of fused-ring (bicyclic) bond motifs is 2. The van der Waals surface area contributed by atoms with Gasteiger partial charge in [-0.3, -0.25) is 9.59 Å². The topological polar surface area (TPSA) is 66.2 Å². The number of hydrogen-bond donors (Lipinski definition) is 0. The Morgan fingerprint density at radius 1 is 1.09 bits per heavy atom. The first-order valence-corrected chi connectivity index (χ1v) is 11.7. The molecule has 0 spiro atoms. The summed E-state index contributed by atoms with van der Waals surface area (Å²) in [5.41, 5.74) is 1.77. The van der Waals surface area contributed by atoms with E-state index in [0.29, 0.717) is 78.5 Å². The molecule has 1 unspecified atom stereocenters. The normalized spacial score (nSPS) is 16.5. The molecule has 0 saturated carbocycles. The first-order valence-electron chi connectivity index (χ1n) is 11.7. The minimum Gasteiger partial charge on any atom is -0.440 e. The molecule has 9 heteroatoms. The Morgan fingerprint density at radius 2 is 1.83 bits per heavy atom. The van der Waals surface area contributed by atoms with E-state index in [1.165, 1.54) is 11.0 Å². The summed E-state index contributed by atoms with van der Waals surface area (Å²) in [6.07, 6.45) is 0.416. The smallest absolute Gasteiger partial charge is 0.253 e. The molecule has 0 radical (unpaired) electrons. The van der Waals surface area contributed by atoms with Crippen LogP contribution in [0.1, 0.15) is 34.5 Å². The van der Waals surface area contributed by atoms with Crippen molar-refractivity contribution in [1.29, 1.82) is 0 Å².